The number of nitrogens with zero attached hydrogens (tertiary/aromatic N) is 2. The summed E-state index contributed by atoms with van der Waals surface area (Å²) < 4.78 is 5.27. The Bertz CT molecular complexity index is 391. The molecule has 6 heteroatoms. The van der Waals surface area contributed by atoms with Crippen LogP contribution in [0.2, 0.25) is 0 Å². The average molecular weight is 313 g/mol. The molecule has 0 bridgehead atoms. The van der Waals surface area contributed by atoms with Crippen LogP contribution in [0.25, 0.3) is 0 Å². The van der Waals surface area contributed by atoms with Crippen molar-refractivity contribution in [2.24, 2.45) is 5.92 Å². The topological polar surface area (TPSA) is 61.9 Å². The first-order valence-corrected chi connectivity index (χ1v) is 8.07. The van der Waals surface area contributed by atoms with Gasteiger partial charge in [0.15, 0.2) is 0 Å². The summed E-state index contributed by atoms with van der Waals surface area (Å²) in [6.45, 7) is 12.6. The van der Waals surface area contributed by atoms with Gasteiger partial charge < -0.3 is 19.9 Å². The van der Waals surface area contributed by atoms with E-state index >= 15 is 0 Å². The highest BCUT2D eigenvalue weighted by Gasteiger charge is 2.30. The third-order valence-corrected chi connectivity index (χ3v) is 3.64. The summed E-state index contributed by atoms with van der Waals surface area (Å²) >= 11 is 0. The Kier molecular flexibility index (Phi) is 6.66. The fourth-order valence-corrected chi connectivity index (χ4v) is 2.41. The minimum atomic E-state index is -0.569. The van der Waals surface area contributed by atoms with E-state index in [1.807, 2.05) is 39.5 Å². The molecule has 0 aliphatic carbocycles. The van der Waals surface area contributed by atoms with Crippen LogP contribution in [0.15, 0.2) is 0 Å². The molecule has 2 amide bonds. The summed E-state index contributed by atoms with van der Waals surface area (Å²) in [7, 11) is 2.06. The number of likely N-dealkylation sites (N-methyl/N-ethyl adjacent to an activating group) is 1. The SMILES string of the molecule is CC(C)[C@@H](NC(=O)OC(C)(C)C)C(=O)N1CCCN(C)CC1. The fraction of sp³-hybridized carbons (Fsp3) is 0.875. The normalized spacial score (nSPS) is 18.8. The van der Waals surface area contributed by atoms with Crippen LogP contribution in [0.1, 0.15) is 41.0 Å². The van der Waals surface area contributed by atoms with Crippen LogP contribution in [-0.4, -0.2) is 66.7 Å². The van der Waals surface area contributed by atoms with Gasteiger partial charge in [0, 0.05) is 19.6 Å². The van der Waals surface area contributed by atoms with Crippen molar-refractivity contribution in [3.8, 4) is 0 Å². The van der Waals surface area contributed by atoms with Crippen molar-refractivity contribution < 1.29 is 14.3 Å². The van der Waals surface area contributed by atoms with Crippen molar-refractivity contribution in [2.75, 3.05) is 33.2 Å². The highest BCUT2D eigenvalue weighted by atomic mass is 16.6. The number of carbonyl (C=O) groups excluding carboxylic acids is 2. The number of alkyl carbamates (subject to hydrolysis) is 1. The van der Waals surface area contributed by atoms with E-state index in [1.54, 1.807) is 0 Å². The molecule has 0 saturated carbocycles. The van der Waals surface area contributed by atoms with Gasteiger partial charge >= 0.3 is 6.09 Å². The number of ether oxygens (including phenoxy) is 1. The van der Waals surface area contributed by atoms with Crippen LogP contribution in [-0.2, 0) is 9.53 Å². The zero-order chi connectivity index (χ0) is 16.9. The number of nitrogens with one attached hydrogen (secondary N) is 1. The van der Waals surface area contributed by atoms with Gasteiger partial charge in [-0.15, -0.1) is 0 Å². The Hall–Kier alpha value is -1.30. The Morgan fingerprint density at radius 3 is 2.27 bits per heavy atom. The molecule has 1 rings (SSSR count). The van der Waals surface area contributed by atoms with Crippen molar-refractivity contribution in [2.45, 2.75) is 52.7 Å². The first kappa shape index (κ1) is 18.7. The lowest BCUT2D eigenvalue weighted by molar-refractivity contribution is -0.134. The summed E-state index contributed by atoms with van der Waals surface area (Å²) in [4.78, 5) is 28.8. The average Bonchev–Trinajstić information content (AvgIpc) is 2.57. The largest absolute Gasteiger partial charge is 0.444 e. The molecule has 1 aliphatic heterocycles. The van der Waals surface area contributed by atoms with Crippen molar-refractivity contribution in [1.29, 1.82) is 0 Å². The van der Waals surface area contributed by atoms with E-state index in [2.05, 4.69) is 17.3 Å². The second-order valence-electron chi connectivity index (χ2n) is 7.35. The molecule has 0 aromatic carbocycles. The predicted octanol–water partition coefficient (Wildman–Crippen LogP) is 1.70. The second-order valence-corrected chi connectivity index (χ2v) is 7.35. The lowest BCUT2D eigenvalue weighted by atomic mass is 10.0. The minimum absolute atomic E-state index is 0.0148. The van der Waals surface area contributed by atoms with Gasteiger partial charge in [-0.1, -0.05) is 13.8 Å². The molecule has 6 nitrogen and oxygen atoms in total. The Morgan fingerprint density at radius 1 is 1.09 bits per heavy atom. The van der Waals surface area contributed by atoms with Crippen LogP contribution in [0.4, 0.5) is 4.79 Å². The van der Waals surface area contributed by atoms with Crippen LogP contribution in [0, 0.1) is 5.92 Å². The highest BCUT2D eigenvalue weighted by Crippen LogP contribution is 2.12. The molecule has 0 aromatic rings. The molecule has 1 heterocycles. The maximum absolute atomic E-state index is 12.7. The Balaban J connectivity index is 2.69. The monoisotopic (exact) mass is 313 g/mol. The van der Waals surface area contributed by atoms with Crippen LogP contribution >= 0.6 is 0 Å². The van der Waals surface area contributed by atoms with E-state index in [0.717, 1.165) is 26.1 Å². The quantitative estimate of drug-likeness (QED) is 0.861. The van der Waals surface area contributed by atoms with Gasteiger partial charge in [-0.2, -0.15) is 0 Å². The zero-order valence-corrected chi connectivity index (χ0v) is 14.8. The second kappa shape index (κ2) is 7.81. The molecular weight excluding hydrogens is 282 g/mol. The summed E-state index contributed by atoms with van der Waals surface area (Å²) in [5.74, 6) is -0.00263. The first-order valence-electron chi connectivity index (χ1n) is 8.07. The summed E-state index contributed by atoms with van der Waals surface area (Å²) in [5, 5.41) is 2.74. The molecule has 1 N–H and O–H groups in total. The van der Waals surface area contributed by atoms with Crippen LogP contribution in [0.5, 0.6) is 0 Å². The van der Waals surface area contributed by atoms with Gasteiger partial charge in [0.25, 0.3) is 0 Å². The summed E-state index contributed by atoms with van der Waals surface area (Å²) in [5.41, 5.74) is -0.569. The Labute approximate surface area is 134 Å². The number of amides is 2. The number of hydrogen-bond acceptors (Lipinski definition) is 4. The van der Waals surface area contributed by atoms with Crippen molar-refractivity contribution >= 4 is 12.0 Å². The molecule has 1 fully saturated rings. The van der Waals surface area contributed by atoms with Gasteiger partial charge in [0.1, 0.15) is 11.6 Å². The van der Waals surface area contributed by atoms with Gasteiger partial charge in [0.05, 0.1) is 0 Å². The van der Waals surface area contributed by atoms with E-state index in [9.17, 15) is 9.59 Å². The zero-order valence-electron chi connectivity index (χ0n) is 14.8. The molecule has 0 spiro atoms. The van der Waals surface area contributed by atoms with Crippen LogP contribution in [0.3, 0.4) is 0 Å². The lowest BCUT2D eigenvalue weighted by Crippen LogP contribution is -2.52. The summed E-state index contributed by atoms with van der Waals surface area (Å²) in [6.07, 6.45) is 0.422. The third-order valence-electron chi connectivity index (χ3n) is 3.64. The molecule has 22 heavy (non-hydrogen) atoms. The van der Waals surface area contributed by atoms with Crippen molar-refractivity contribution in [3.63, 3.8) is 0 Å². The molecular formula is C16H31N3O3. The molecule has 1 saturated heterocycles. The summed E-state index contributed by atoms with van der Waals surface area (Å²) in [6, 6.07) is -0.543. The lowest BCUT2D eigenvalue weighted by Gasteiger charge is -2.30. The molecule has 1 aliphatic rings. The highest BCUT2D eigenvalue weighted by molar-refractivity contribution is 5.86. The number of rotatable bonds is 3. The van der Waals surface area contributed by atoms with Gasteiger partial charge in [-0.3, -0.25) is 4.79 Å². The maximum atomic E-state index is 12.7. The van der Waals surface area contributed by atoms with E-state index in [0.29, 0.717) is 6.54 Å². The van der Waals surface area contributed by atoms with E-state index in [1.165, 1.54) is 0 Å². The fourth-order valence-electron chi connectivity index (χ4n) is 2.41. The van der Waals surface area contributed by atoms with Gasteiger partial charge in [0.2, 0.25) is 5.91 Å². The predicted molar refractivity (Wildman–Crippen MR) is 86.7 cm³/mol. The Morgan fingerprint density at radius 2 is 1.73 bits per heavy atom. The molecule has 0 unspecified atom stereocenters. The van der Waals surface area contributed by atoms with E-state index < -0.39 is 17.7 Å². The molecule has 128 valence electrons. The van der Waals surface area contributed by atoms with Crippen molar-refractivity contribution in [1.82, 2.24) is 15.1 Å². The molecule has 0 radical (unpaired) electrons. The minimum Gasteiger partial charge on any atom is -0.444 e. The van der Waals surface area contributed by atoms with E-state index in [-0.39, 0.29) is 11.8 Å². The number of carbonyl (C=O) groups is 2. The van der Waals surface area contributed by atoms with E-state index in [4.69, 9.17) is 4.74 Å². The maximum Gasteiger partial charge on any atom is 0.408 e. The number of hydrogen-bond donors (Lipinski definition) is 1. The van der Waals surface area contributed by atoms with Crippen molar-refractivity contribution in [3.05, 3.63) is 0 Å². The smallest absolute Gasteiger partial charge is 0.408 e. The standard InChI is InChI=1S/C16H31N3O3/c1-12(2)13(17-15(21)22-16(3,4)5)14(20)19-9-7-8-18(6)10-11-19/h12-13H,7-11H2,1-6H3,(H,17,21)/t13-/m1/s1. The van der Waals surface area contributed by atoms with Crippen LogP contribution < -0.4 is 5.32 Å². The van der Waals surface area contributed by atoms with Gasteiger partial charge in [-0.05, 0) is 46.7 Å². The first-order chi connectivity index (χ1) is 10.1. The molecule has 0 aromatic heterocycles. The van der Waals surface area contributed by atoms with Gasteiger partial charge in [-0.25, -0.2) is 4.79 Å². The molecule has 1 atom stereocenters. The third kappa shape index (κ3) is 6.22.